The van der Waals surface area contributed by atoms with Crippen LogP contribution in [-0.2, 0) is 11.3 Å². The Morgan fingerprint density at radius 3 is 2.86 bits per heavy atom. The number of ether oxygens (including phenoxy) is 1. The predicted molar refractivity (Wildman–Crippen MR) is 82.3 cm³/mol. The van der Waals surface area contributed by atoms with E-state index in [-0.39, 0.29) is 0 Å². The molecule has 21 heavy (non-hydrogen) atoms. The Bertz CT molecular complexity index is 530. The van der Waals surface area contributed by atoms with E-state index in [1.165, 1.54) is 0 Å². The lowest BCUT2D eigenvalue weighted by Crippen LogP contribution is -2.31. The second-order valence-corrected chi connectivity index (χ2v) is 5.31. The van der Waals surface area contributed by atoms with Gasteiger partial charge in [-0.05, 0) is 29.8 Å². The number of methoxy groups -OCH3 is 1. The van der Waals surface area contributed by atoms with E-state index in [0.717, 1.165) is 17.9 Å². The van der Waals surface area contributed by atoms with Gasteiger partial charge in [0.1, 0.15) is 5.76 Å². The van der Waals surface area contributed by atoms with E-state index in [9.17, 15) is 5.11 Å². The smallest absolute Gasteiger partial charge is 0.117 e. The molecule has 5 heteroatoms. The molecule has 4 nitrogen and oxygen atoms in total. The van der Waals surface area contributed by atoms with Gasteiger partial charge in [-0.2, -0.15) is 0 Å². The molecule has 2 rings (SSSR count). The van der Waals surface area contributed by atoms with Crippen molar-refractivity contribution in [3.8, 4) is 0 Å². The molecule has 0 aliphatic carbocycles. The van der Waals surface area contributed by atoms with Crippen LogP contribution in [0.4, 0.5) is 0 Å². The molecule has 0 amide bonds. The summed E-state index contributed by atoms with van der Waals surface area (Å²) >= 11 is 5.96. The molecule has 0 fully saturated rings. The van der Waals surface area contributed by atoms with Crippen LogP contribution < -0.4 is 0 Å². The quantitative estimate of drug-likeness (QED) is 0.814. The summed E-state index contributed by atoms with van der Waals surface area (Å²) in [6.07, 6.45) is 1.05. The molecule has 0 bridgehead atoms. The van der Waals surface area contributed by atoms with Gasteiger partial charge < -0.3 is 14.3 Å². The lowest BCUT2D eigenvalue weighted by Gasteiger charge is -2.24. The molecule has 1 aromatic heterocycles. The van der Waals surface area contributed by atoms with Crippen LogP contribution in [-0.4, -0.2) is 36.8 Å². The minimum Gasteiger partial charge on any atom is -0.468 e. The number of aliphatic hydroxyl groups excluding tert-OH is 1. The normalized spacial score (nSPS) is 12.8. The Labute approximate surface area is 129 Å². The predicted octanol–water partition coefficient (Wildman–Crippen LogP) is 3.12. The van der Waals surface area contributed by atoms with Crippen LogP contribution in [0.2, 0.25) is 5.02 Å². The molecule has 0 aliphatic rings. The van der Waals surface area contributed by atoms with E-state index in [1.807, 2.05) is 24.3 Å². The van der Waals surface area contributed by atoms with Gasteiger partial charge in [-0.3, -0.25) is 4.90 Å². The molecule has 0 saturated carbocycles. The Hall–Kier alpha value is -1.33. The van der Waals surface area contributed by atoms with Gasteiger partial charge in [0.05, 0.1) is 25.5 Å². The Morgan fingerprint density at radius 2 is 2.19 bits per heavy atom. The Balaban J connectivity index is 1.99. The summed E-state index contributed by atoms with van der Waals surface area (Å²) in [5.74, 6) is 0.865. The number of halogens is 1. The maximum atomic E-state index is 10.4. The number of furan rings is 1. The van der Waals surface area contributed by atoms with Crippen molar-refractivity contribution in [2.45, 2.75) is 12.6 Å². The number of rotatable bonds is 8. The van der Waals surface area contributed by atoms with Gasteiger partial charge in [0.15, 0.2) is 0 Å². The number of nitrogens with zero attached hydrogens (tertiary/aromatic N) is 1. The summed E-state index contributed by atoms with van der Waals surface area (Å²) in [5, 5.41) is 11.0. The van der Waals surface area contributed by atoms with Crippen molar-refractivity contribution >= 4 is 11.6 Å². The minimum atomic E-state index is -0.601. The van der Waals surface area contributed by atoms with E-state index in [1.54, 1.807) is 25.5 Å². The number of hydrogen-bond donors (Lipinski definition) is 1. The molecule has 0 spiro atoms. The molecule has 0 aliphatic heterocycles. The first-order valence-electron chi connectivity index (χ1n) is 6.86. The summed E-state index contributed by atoms with van der Waals surface area (Å²) in [4.78, 5) is 2.09. The highest BCUT2D eigenvalue weighted by Gasteiger charge is 2.15. The second-order valence-electron chi connectivity index (χ2n) is 4.88. The molecule has 1 heterocycles. The maximum Gasteiger partial charge on any atom is 0.117 e. The van der Waals surface area contributed by atoms with Gasteiger partial charge >= 0.3 is 0 Å². The first kappa shape index (κ1) is 16.0. The average Bonchev–Trinajstić information content (AvgIpc) is 2.97. The van der Waals surface area contributed by atoms with Gasteiger partial charge in [-0.15, -0.1) is 0 Å². The highest BCUT2D eigenvalue weighted by molar-refractivity contribution is 6.30. The van der Waals surface area contributed by atoms with Crippen molar-refractivity contribution in [3.05, 3.63) is 59.0 Å². The van der Waals surface area contributed by atoms with E-state index in [2.05, 4.69) is 4.90 Å². The van der Waals surface area contributed by atoms with Crippen molar-refractivity contribution in [2.75, 3.05) is 26.8 Å². The zero-order chi connectivity index (χ0) is 15.1. The molecule has 114 valence electrons. The van der Waals surface area contributed by atoms with Crippen LogP contribution in [0.3, 0.4) is 0 Å². The van der Waals surface area contributed by atoms with E-state index < -0.39 is 6.10 Å². The fraction of sp³-hybridized carbons (Fsp3) is 0.375. The van der Waals surface area contributed by atoms with Gasteiger partial charge in [-0.25, -0.2) is 0 Å². The number of benzene rings is 1. The molecular weight excluding hydrogens is 290 g/mol. The molecule has 0 radical (unpaired) electrons. The molecule has 2 aromatic rings. The molecular formula is C16H20ClNO3. The molecule has 1 atom stereocenters. The average molecular weight is 310 g/mol. The van der Waals surface area contributed by atoms with Crippen molar-refractivity contribution in [1.29, 1.82) is 0 Å². The van der Waals surface area contributed by atoms with Gasteiger partial charge in [0.25, 0.3) is 0 Å². The van der Waals surface area contributed by atoms with Crippen molar-refractivity contribution < 1.29 is 14.3 Å². The van der Waals surface area contributed by atoms with Crippen LogP contribution in [0.25, 0.3) is 0 Å². The summed E-state index contributed by atoms with van der Waals surface area (Å²) in [5.41, 5.74) is 0.810. The van der Waals surface area contributed by atoms with Crippen LogP contribution in [0, 0.1) is 0 Å². The van der Waals surface area contributed by atoms with Crippen molar-refractivity contribution in [2.24, 2.45) is 0 Å². The van der Waals surface area contributed by atoms with E-state index >= 15 is 0 Å². The minimum absolute atomic E-state index is 0.490. The zero-order valence-corrected chi connectivity index (χ0v) is 12.8. The fourth-order valence-corrected chi connectivity index (χ4v) is 2.34. The maximum absolute atomic E-state index is 10.4. The first-order chi connectivity index (χ1) is 10.2. The third kappa shape index (κ3) is 5.17. The number of hydrogen-bond acceptors (Lipinski definition) is 4. The summed E-state index contributed by atoms with van der Waals surface area (Å²) in [7, 11) is 1.67. The van der Waals surface area contributed by atoms with Crippen LogP contribution in [0.15, 0.2) is 47.1 Å². The monoisotopic (exact) mass is 309 g/mol. The summed E-state index contributed by atoms with van der Waals surface area (Å²) < 4.78 is 10.5. The van der Waals surface area contributed by atoms with Crippen LogP contribution in [0.5, 0.6) is 0 Å². The molecule has 1 N–H and O–H groups in total. The van der Waals surface area contributed by atoms with Gasteiger partial charge in [-0.1, -0.05) is 23.7 Å². The molecule has 1 unspecified atom stereocenters. The standard InChI is InChI=1S/C16H20ClNO3/c1-20-9-7-18(11-15-6-3-8-21-15)12-16(19)13-4-2-5-14(17)10-13/h2-6,8,10,16,19H,7,9,11-12H2,1H3. The van der Waals surface area contributed by atoms with Crippen molar-refractivity contribution in [3.63, 3.8) is 0 Å². The lowest BCUT2D eigenvalue weighted by atomic mass is 10.1. The molecule has 0 saturated heterocycles. The SMILES string of the molecule is COCCN(Cc1ccco1)CC(O)c1cccc(Cl)c1. The van der Waals surface area contributed by atoms with E-state index in [0.29, 0.717) is 24.7 Å². The Kier molecular flexibility index (Phi) is 6.26. The summed E-state index contributed by atoms with van der Waals surface area (Å²) in [6.45, 7) is 2.44. The third-order valence-corrected chi connectivity index (χ3v) is 3.47. The van der Waals surface area contributed by atoms with Crippen LogP contribution >= 0.6 is 11.6 Å². The van der Waals surface area contributed by atoms with Crippen LogP contribution in [0.1, 0.15) is 17.4 Å². The Morgan fingerprint density at radius 1 is 1.33 bits per heavy atom. The highest BCUT2D eigenvalue weighted by atomic mass is 35.5. The second kappa shape index (κ2) is 8.20. The molecule has 1 aromatic carbocycles. The topological polar surface area (TPSA) is 45.8 Å². The largest absolute Gasteiger partial charge is 0.468 e. The number of aliphatic hydroxyl groups is 1. The van der Waals surface area contributed by atoms with E-state index in [4.69, 9.17) is 20.8 Å². The lowest BCUT2D eigenvalue weighted by molar-refractivity contribution is 0.0811. The third-order valence-electron chi connectivity index (χ3n) is 3.24. The highest BCUT2D eigenvalue weighted by Crippen LogP contribution is 2.19. The first-order valence-corrected chi connectivity index (χ1v) is 7.24. The van der Waals surface area contributed by atoms with Gasteiger partial charge in [0.2, 0.25) is 0 Å². The fourth-order valence-electron chi connectivity index (χ4n) is 2.14. The van der Waals surface area contributed by atoms with Gasteiger partial charge in [0, 0.05) is 25.2 Å². The zero-order valence-electron chi connectivity index (χ0n) is 12.0. The van der Waals surface area contributed by atoms with Crippen molar-refractivity contribution in [1.82, 2.24) is 4.90 Å². The summed E-state index contributed by atoms with van der Waals surface area (Å²) in [6, 6.07) is 11.1.